The van der Waals surface area contributed by atoms with Gasteiger partial charge >= 0.3 is 28.1 Å². The Balaban J connectivity index is -0.000000251. The van der Waals surface area contributed by atoms with Crippen LogP contribution in [0.2, 0.25) is 26.2 Å². The molecule has 0 rings (SSSR count). The van der Waals surface area contributed by atoms with Gasteiger partial charge in [-0.25, -0.2) is 0 Å². The Morgan fingerprint density at radius 3 is 1.39 bits per heavy atom. The van der Waals surface area contributed by atoms with E-state index in [2.05, 4.69) is 21.3 Å². The van der Waals surface area contributed by atoms with E-state index in [0.29, 0.717) is 0 Å². The lowest BCUT2D eigenvalue weighted by molar-refractivity contribution is 0.255. The van der Waals surface area contributed by atoms with Crippen LogP contribution in [0.1, 0.15) is 0 Å². The second-order valence-corrected chi connectivity index (χ2v) is 12.7. The van der Waals surface area contributed by atoms with Crippen LogP contribution in [0.4, 0.5) is 0 Å². The zero-order valence-corrected chi connectivity index (χ0v) is 19.0. The van der Waals surface area contributed by atoms with E-state index in [0.717, 1.165) is 0 Å². The second-order valence-electron chi connectivity index (χ2n) is 2.88. The minimum Gasteiger partial charge on any atom is -0.447 e. The van der Waals surface area contributed by atoms with Crippen molar-refractivity contribution in [3.05, 3.63) is 0 Å². The van der Waals surface area contributed by atoms with Gasteiger partial charge < -0.3 is 36.3 Å². The van der Waals surface area contributed by atoms with Crippen LogP contribution >= 0.6 is 0 Å². The maximum Gasteiger partial charge on any atom is 0.463 e. The highest BCUT2D eigenvalue weighted by Gasteiger charge is 2.16. The first-order chi connectivity index (χ1) is 7.93. The Morgan fingerprint density at radius 1 is 0.833 bits per heavy atom. The van der Waals surface area contributed by atoms with Crippen LogP contribution in [-0.4, -0.2) is 77.5 Å². The molecule has 18 heavy (non-hydrogen) atoms. The van der Waals surface area contributed by atoms with Crippen LogP contribution in [0.25, 0.3) is 0 Å². The van der Waals surface area contributed by atoms with Gasteiger partial charge in [0.15, 0.2) is 0 Å². The van der Waals surface area contributed by atoms with Crippen LogP contribution in [0, 0.1) is 0 Å². The van der Waals surface area contributed by atoms with Crippen molar-refractivity contribution in [1.82, 2.24) is 0 Å². The molecule has 0 radical (unpaired) electrons. The Kier molecular flexibility index (Phi) is 24.0. The van der Waals surface area contributed by atoms with Gasteiger partial charge in [0.05, 0.1) is 0 Å². The van der Waals surface area contributed by atoms with E-state index in [4.69, 9.17) is 22.6 Å². The van der Waals surface area contributed by atoms with E-state index in [1.54, 1.807) is 0 Å². The molecule has 0 saturated carbocycles. The molecule has 0 heterocycles. The third-order valence-corrected chi connectivity index (χ3v) is 10.8. The zero-order chi connectivity index (χ0) is 13.7. The fourth-order valence-corrected chi connectivity index (χ4v) is 6.99. The summed E-state index contributed by atoms with van der Waals surface area (Å²) in [6.45, 7) is 7.27. The average molecular weight is 371 g/mol. The van der Waals surface area contributed by atoms with Crippen LogP contribution in [0.5, 0.6) is 0 Å². The van der Waals surface area contributed by atoms with E-state index in [-0.39, 0.29) is 25.0 Å². The summed E-state index contributed by atoms with van der Waals surface area (Å²) in [7, 11) is -7.83. The molecule has 2 atom stereocenters. The Bertz CT molecular complexity index is 138. The maximum absolute atomic E-state index is 8.83. The zero-order valence-electron chi connectivity index (χ0n) is 11.3. The van der Waals surface area contributed by atoms with E-state index in [9.17, 15) is 0 Å². The quantitative estimate of drug-likeness (QED) is 0.288. The molecule has 0 fully saturated rings. The van der Waals surface area contributed by atoms with Crippen molar-refractivity contribution < 1.29 is 36.3 Å². The predicted octanol–water partition coefficient (Wildman–Crippen LogP) is -5.13. The van der Waals surface area contributed by atoms with Crippen molar-refractivity contribution in [2.24, 2.45) is 0 Å². The first kappa shape index (κ1) is 24.0. The van der Waals surface area contributed by atoms with Crippen molar-refractivity contribution in [3.8, 4) is 0 Å². The van der Waals surface area contributed by atoms with Crippen molar-refractivity contribution in [2.45, 2.75) is 26.2 Å². The van der Waals surface area contributed by atoms with E-state index in [1.165, 1.54) is 13.1 Å². The summed E-state index contributed by atoms with van der Waals surface area (Å²) in [6.07, 6.45) is 0. The molecule has 0 aromatic rings. The molecule has 0 aromatic heterocycles. The lowest BCUT2D eigenvalue weighted by atomic mass is 11.9. The fraction of sp³-hybridized carbons (Fsp3) is 1.00. The SMILES string of the molecule is C[SiH2]O[SiH2]O[SiH2]C.C[SiH](O)O[SiH](O)O[SiH](C)O.O. The topological polar surface area (TPSA) is 129 Å². The Hall–Kier alpha value is 0.981. The summed E-state index contributed by atoms with van der Waals surface area (Å²) < 4.78 is 19.5. The largest absolute Gasteiger partial charge is 0.463 e. The van der Waals surface area contributed by atoms with Gasteiger partial charge in [0.25, 0.3) is 10.0 Å². The number of hydrogen-bond donors (Lipinski definition) is 3. The molecule has 0 aliphatic carbocycles. The van der Waals surface area contributed by atoms with Crippen LogP contribution in [0.3, 0.4) is 0 Å². The molecule has 14 heteroatoms. The third kappa shape index (κ3) is 25.7. The lowest BCUT2D eigenvalue weighted by Crippen LogP contribution is -2.34. The Labute approximate surface area is 120 Å². The van der Waals surface area contributed by atoms with Crippen LogP contribution in [0.15, 0.2) is 0 Å². The molecule has 0 aliphatic heterocycles. The normalized spacial score (nSPS) is 16.8. The Morgan fingerprint density at radius 2 is 1.17 bits per heavy atom. The van der Waals surface area contributed by atoms with Gasteiger partial charge in [-0.2, -0.15) is 0 Å². The highest BCUT2D eigenvalue weighted by molar-refractivity contribution is 6.59. The van der Waals surface area contributed by atoms with Crippen molar-refractivity contribution >= 4 is 57.6 Å². The number of rotatable bonds is 8. The first-order valence-electron chi connectivity index (χ1n) is 5.44. The molecule has 114 valence electrons. The van der Waals surface area contributed by atoms with Crippen LogP contribution < -0.4 is 0 Å². The van der Waals surface area contributed by atoms with E-state index in [1.807, 2.05) is 0 Å². The molecular formula is C4H26O8Si6. The summed E-state index contributed by atoms with van der Waals surface area (Å²) in [5.74, 6) is 0. The van der Waals surface area contributed by atoms with Crippen molar-refractivity contribution in [1.29, 1.82) is 0 Å². The summed E-state index contributed by atoms with van der Waals surface area (Å²) in [5, 5.41) is 0. The highest BCUT2D eigenvalue weighted by atomic mass is 28.4. The van der Waals surface area contributed by atoms with E-state index >= 15 is 0 Å². The lowest BCUT2D eigenvalue weighted by Gasteiger charge is -2.12. The maximum atomic E-state index is 8.83. The molecule has 8 nitrogen and oxygen atoms in total. The third-order valence-electron chi connectivity index (χ3n) is 1.20. The fourth-order valence-electron chi connectivity index (χ4n) is 0.595. The molecule has 0 aliphatic rings. The minimum absolute atomic E-state index is 0. The molecule has 2 unspecified atom stereocenters. The molecule has 0 spiro atoms. The smallest absolute Gasteiger partial charge is 0.447 e. The number of hydrogen-bond acceptors (Lipinski definition) is 7. The van der Waals surface area contributed by atoms with Crippen molar-refractivity contribution in [3.63, 3.8) is 0 Å². The first-order valence-corrected chi connectivity index (χ1v) is 16.3. The van der Waals surface area contributed by atoms with Gasteiger partial charge in [0, 0.05) is 0 Å². The molecule has 0 saturated heterocycles. The minimum atomic E-state index is -2.69. The van der Waals surface area contributed by atoms with Gasteiger partial charge in [-0.3, -0.25) is 0 Å². The van der Waals surface area contributed by atoms with Gasteiger partial charge in [0.2, 0.25) is 0 Å². The van der Waals surface area contributed by atoms with Gasteiger partial charge in [-0.1, -0.05) is 13.1 Å². The molecule has 0 aromatic carbocycles. The second kappa shape index (κ2) is 18.0. The molecule has 0 amide bonds. The van der Waals surface area contributed by atoms with Crippen LogP contribution in [-0.2, 0) is 16.5 Å². The average Bonchev–Trinajstić information content (AvgIpc) is 2.16. The molecule has 0 bridgehead atoms. The van der Waals surface area contributed by atoms with Gasteiger partial charge in [-0.15, -0.1) is 0 Å². The summed E-state index contributed by atoms with van der Waals surface area (Å²) >= 11 is 0. The van der Waals surface area contributed by atoms with Crippen molar-refractivity contribution in [2.75, 3.05) is 0 Å². The standard InChI is InChI=1S/C2H12O5Si3.C2H12O2Si3.H2O/c1-8(3)6-10(5)7-9(2)4;1-5-3-7-4-6-2;/h3-5,8-10H,1-2H3;5-7H2,1-2H3;1H2. The monoisotopic (exact) mass is 370 g/mol. The summed E-state index contributed by atoms with van der Waals surface area (Å²) in [5.41, 5.74) is 0. The van der Waals surface area contributed by atoms with Gasteiger partial charge in [0.1, 0.15) is 19.5 Å². The van der Waals surface area contributed by atoms with Gasteiger partial charge in [-0.05, 0) is 13.1 Å². The highest BCUT2D eigenvalue weighted by Crippen LogP contribution is 1.88. The predicted molar refractivity (Wildman–Crippen MR) is 85.1 cm³/mol. The molecular weight excluding hydrogens is 345 g/mol. The molecule has 5 N–H and O–H groups in total. The summed E-state index contributed by atoms with van der Waals surface area (Å²) in [4.78, 5) is 26.2. The summed E-state index contributed by atoms with van der Waals surface area (Å²) in [6, 6.07) is 0. The van der Waals surface area contributed by atoms with E-state index < -0.39 is 38.1 Å².